The molecule has 4 aromatic rings. The molecular formula is C32H28F5N7O2S. The Bertz CT molecular complexity index is 1970. The second kappa shape index (κ2) is 12.0. The number of amides is 1. The number of nitriles is 1. The number of pyridine rings is 1. The number of piperazine rings is 1. The molecule has 1 amide bonds. The van der Waals surface area contributed by atoms with Crippen LogP contribution in [-0.4, -0.2) is 87.7 Å². The van der Waals surface area contributed by atoms with Gasteiger partial charge in [-0.15, -0.1) is 11.3 Å². The fraction of sp³-hybridized carbons (Fsp3) is 0.406. The molecular weight excluding hydrogens is 641 g/mol. The standard InChI is InChI=1S/C32H28F5N7O2S/c1-17(33)30(45)44-11-10-42(15-19(44)6-8-38)29-22-13-39-25(21-5-2-4-20-23(35)28(37)47-27(20)21)24(36)26(22)40-31(41-29)46-16-32-7-3-9-43(32)14-18(34)12-32/h2,4-5,13,18-19H,1,3,6-7,9-12,14-16H2/t18-,19+,32+/m1/s1. The molecule has 0 radical (unpaired) electrons. The van der Waals surface area contributed by atoms with Gasteiger partial charge >= 0.3 is 6.01 Å². The van der Waals surface area contributed by atoms with Gasteiger partial charge in [-0.1, -0.05) is 24.8 Å². The normalized spacial score (nSPS) is 23.0. The van der Waals surface area contributed by atoms with E-state index < -0.39 is 46.3 Å². The maximum atomic E-state index is 16.6. The molecule has 3 fully saturated rings. The molecule has 244 valence electrons. The number of alkyl halides is 1. The highest BCUT2D eigenvalue weighted by atomic mass is 32.1. The van der Waals surface area contributed by atoms with Gasteiger partial charge in [-0.05, 0) is 19.4 Å². The zero-order valence-electron chi connectivity index (χ0n) is 25.0. The predicted octanol–water partition coefficient (Wildman–Crippen LogP) is 5.69. The number of halogens is 5. The topological polar surface area (TPSA) is 98.5 Å². The van der Waals surface area contributed by atoms with E-state index in [0.29, 0.717) is 24.3 Å². The van der Waals surface area contributed by atoms with E-state index in [1.165, 1.54) is 29.3 Å². The lowest BCUT2D eigenvalue weighted by molar-refractivity contribution is -0.131. The summed E-state index contributed by atoms with van der Waals surface area (Å²) >= 11 is 0.542. The van der Waals surface area contributed by atoms with Crippen LogP contribution < -0.4 is 9.64 Å². The molecule has 0 unspecified atom stereocenters. The lowest BCUT2D eigenvalue weighted by atomic mass is 9.95. The maximum absolute atomic E-state index is 16.6. The summed E-state index contributed by atoms with van der Waals surface area (Å²) < 4.78 is 79.8. The van der Waals surface area contributed by atoms with Crippen LogP contribution in [0.15, 0.2) is 36.8 Å². The summed E-state index contributed by atoms with van der Waals surface area (Å²) in [7, 11) is 0. The van der Waals surface area contributed by atoms with Crippen molar-refractivity contribution in [1.29, 1.82) is 5.26 Å². The lowest BCUT2D eigenvalue weighted by Crippen LogP contribution is -2.55. The first-order valence-electron chi connectivity index (χ1n) is 15.1. The molecule has 3 saturated heterocycles. The number of rotatable bonds is 7. The monoisotopic (exact) mass is 669 g/mol. The molecule has 0 N–H and O–H groups in total. The summed E-state index contributed by atoms with van der Waals surface area (Å²) in [6.45, 7) is 4.43. The Labute approximate surface area is 269 Å². The summed E-state index contributed by atoms with van der Waals surface area (Å²) in [6.07, 6.45) is 2.14. The van der Waals surface area contributed by atoms with Crippen molar-refractivity contribution in [1.82, 2.24) is 24.8 Å². The maximum Gasteiger partial charge on any atom is 0.319 e. The number of fused-ring (bicyclic) bond motifs is 3. The summed E-state index contributed by atoms with van der Waals surface area (Å²) in [5.41, 5.74) is -0.727. The molecule has 3 aliphatic heterocycles. The van der Waals surface area contributed by atoms with Crippen LogP contribution in [0.25, 0.3) is 32.2 Å². The highest BCUT2D eigenvalue weighted by molar-refractivity contribution is 7.18. The van der Waals surface area contributed by atoms with Crippen molar-refractivity contribution in [2.75, 3.05) is 44.2 Å². The fourth-order valence-electron chi connectivity index (χ4n) is 7.16. The zero-order chi connectivity index (χ0) is 33.0. The Kier molecular flexibility index (Phi) is 7.96. The third-order valence-electron chi connectivity index (χ3n) is 9.35. The fourth-order valence-corrected chi connectivity index (χ4v) is 8.08. The minimum atomic E-state index is -1.15. The number of carbonyl (C=O) groups excluding carboxylic acids is 1. The van der Waals surface area contributed by atoms with Crippen LogP contribution in [0.3, 0.4) is 0 Å². The highest BCUT2D eigenvalue weighted by Crippen LogP contribution is 2.42. The van der Waals surface area contributed by atoms with Gasteiger partial charge in [0, 0.05) is 54.4 Å². The third kappa shape index (κ3) is 5.33. The van der Waals surface area contributed by atoms with Crippen molar-refractivity contribution >= 4 is 44.1 Å². The number of hydrogen-bond donors (Lipinski definition) is 0. The predicted molar refractivity (Wildman–Crippen MR) is 165 cm³/mol. The number of thiophene rings is 1. The molecule has 9 nitrogen and oxygen atoms in total. The van der Waals surface area contributed by atoms with Gasteiger partial charge in [0.15, 0.2) is 17.5 Å². The van der Waals surface area contributed by atoms with E-state index in [1.807, 2.05) is 6.07 Å². The van der Waals surface area contributed by atoms with Crippen molar-refractivity contribution in [3.8, 4) is 23.3 Å². The van der Waals surface area contributed by atoms with E-state index >= 15 is 4.39 Å². The number of benzene rings is 1. The molecule has 3 atom stereocenters. The third-order valence-corrected chi connectivity index (χ3v) is 10.3. The number of nitrogens with zero attached hydrogens (tertiary/aromatic N) is 7. The SMILES string of the molecule is C=C(F)C(=O)N1CCN(c2nc(OC[C@@]34CCCN3C[C@H](F)C4)nc3c(F)c(-c4cccc5c(F)c(F)sc45)ncc23)C[C@@H]1CC#N. The van der Waals surface area contributed by atoms with Crippen molar-refractivity contribution in [2.45, 2.75) is 43.4 Å². The van der Waals surface area contributed by atoms with Crippen molar-refractivity contribution in [2.24, 2.45) is 0 Å². The van der Waals surface area contributed by atoms with Crippen LogP contribution in [0.2, 0.25) is 0 Å². The smallest absolute Gasteiger partial charge is 0.319 e. The average Bonchev–Trinajstić information content (AvgIpc) is 3.68. The number of ether oxygens (including phenoxy) is 1. The van der Waals surface area contributed by atoms with Crippen LogP contribution in [0.1, 0.15) is 25.7 Å². The molecule has 15 heteroatoms. The van der Waals surface area contributed by atoms with E-state index in [1.54, 1.807) is 4.90 Å². The first-order chi connectivity index (χ1) is 22.6. The van der Waals surface area contributed by atoms with Crippen molar-refractivity contribution in [3.05, 3.63) is 53.6 Å². The molecule has 0 aliphatic carbocycles. The van der Waals surface area contributed by atoms with Gasteiger partial charge in [-0.3, -0.25) is 14.7 Å². The Hall–Kier alpha value is -4.42. The molecule has 0 bridgehead atoms. The lowest BCUT2D eigenvalue weighted by Gasteiger charge is -2.41. The van der Waals surface area contributed by atoms with Gasteiger partial charge in [-0.2, -0.15) is 19.6 Å². The van der Waals surface area contributed by atoms with E-state index in [-0.39, 0.29) is 76.7 Å². The van der Waals surface area contributed by atoms with Gasteiger partial charge in [0.05, 0.1) is 29.5 Å². The minimum absolute atomic E-state index is 0.00582. The molecule has 0 spiro atoms. The van der Waals surface area contributed by atoms with Crippen LogP contribution in [0, 0.1) is 28.1 Å². The van der Waals surface area contributed by atoms with Gasteiger partial charge in [0.25, 0.3) is 5.91 Å². The van der Waals surface area contributed by atoms with Crippen LogP contribution >= 0.6 is 11.3 Å². The summed E-state index contributed by atoms with van der Waals surface area (Å²) in [4.78, 5) is 30.9. The number of anilines is 1. The van der Waals surface area contributed by atoms with E-state index in [0.717, 1.165) is 19.4 Å². The minimum Gasteiger partial charge on any atom is -0.461 e. The molecule has 1 aromatic carbocycles. The van der Waals surface area contributed by atoms with Crippen LogP contribution in [0.5, 0.6) is 6.01 Å². The number of hydrogen-bond acceptors (Lipinski definition) is 9. The quantitative estimate of drug-likeness (QED) is 0.183. The average molecular weight is 670 g/mol. The Morgan fingerprint density at radius 3 is 2.77 bits per heavy atom. The summed E-state index contributed by atoms with van der Waals surface area (Å²) in [5.74, 6) is -3.76. The first-order valence-corrected chi connectivity index (χ1v) is 15.9. The van der Waals surface area contributed by atoms with Crippen LogP contribution in [-0.2, 0) is 4.79 Å². The molecule has 3 aromatic heterocycles. The van der Waals surface area contributed by atoms with Gasteiger partial charge < -0.3 is 14.5 Å². The molecule has 3 aliphatic rings. The molecule has 47 heavy (non-hydrogen) atoms. The first kappa shape index (κ1) is 31.2. The van der Waals surface area contributed by atoms with E-state index in [4.69, 9.17) is 4.74 Å². The largest absolute Gasteiger partial charge is 0.461 e. The van der Waals surface area contributed by atoms with E-state index in [2.05, 4.69) is 26.4 Å². The van der Waals surface area contributed by atoms with Crippen molar-refractivity contribution < 1.29 is 31.5 Å². The number of aromatic nitrogens is 3. The van der Waals surface area contributed by atoms with Gasteiger partial charge in [0.2, 0.25) is 5.13 Å². The Balaban J connectivity index is 1.32. The molecule has 0 saturated carbocycles. The van der Waals surface area contributed by atoms with E-state index in [9.17, 15) is 27.6 Å². The highest BCUT2D eigenvalue weighted by Gasteiger charge is 2.49. The molecule has 7 rings (SSSR count). The number of carbonyl (C=O) groups is 1. The van der Waals surface area contributed by atoms with Crippen molar-refractivity contribution in [3.63, 3.8) is 0 Å². The zero-order valence-corrected chi connectivity index (χ0v) is 25.8. The summed E-state index contributed by atoms with van der Waals surface area (Å²) in [5, 5.41) is 8.61. The Morgan fingerprint density at radius 2 is 1.98 bits per heavy atom. The second-order valence-electron chi connectivity index (χ2n) is 12.1. The van der Waals surface area contributed by atoms with Gasteiger partial charge in [0.1, 0.15) is 29.8 Å². The molecule has 6 heterocycles. The second-order valence-corrected chi connectivity index (χ2v) is 13.1. The summed E-state index contributed by atoms with van der Waals surface area (Å²) in [6, 6.07) is 5.51. The van der Waals surface area contributed by atoms with Crippen LogP contribution in [0.4, 0.5) is 27.8 Å². The van der Waals surface area contributed by atoms with Gasteiger partial charge in [-0.25, -0.2) is 17.6 Å². The Morgan fingerprint density at radius 1 is 1.15 bits per heavy atom.